The number of ether oxygens (including phenoxy) is 1. The maximum atomic E-state index is 12.6. The Morgan fingerprint density at radius 1 is 1.48 bits per heavy atom. The van der Waals surface area contributed by atoms with Crippen LogP contribution < -0.4 is 10.1 Å². The number of nitrogens with one attached hydrogen (secondary N) is 1. The summed E-state index contributed by atoms with van der Waals surface area (Å²) in [6, 6.07) is 7.86. The van der Waals surface area contributed by atoms with Crippen LogP contribution in [0.2, 0.25) is 0 Å². The van der Waals surface area contributed by atoms with Gasteiger partial charge in [0.15, 0.2) is 6.10 Å². The zero-order valence-electron chi connectivity index (χ0n) is 13.3. The summed E-state index contributed by atoms with van der Waals surface area (Å²) < 4.78 is 5.96. The van der Waals surface area contributed by atoms with Crippen LogP contribution in [0.3, 0.4) is 0 Å². The second-order valence-corrected chi connectivity index (χ2v) is 5.78. The van der Waals surface area contributed by atoms with E-state index in [1.54, 1.807) is 0 Å². The Balaban J connectivity index is 1.98. The summed E-state index contributed by atoms with van der Waals surface area (Å²) in [6.45, 7) is 6.67. The molecule has 1 N–H and O–H groups in total. The van der Waals surface area contributed by atoms with Crippen molar-refractivity contribution in [3.63, 3.8) is 0 Å². The van der Waals surface area contributed by atoms with Crippen LogP contribution in [0, 0.1) is 12.8 Å². The maximum absolute atomic E-state index is 12.6. The number of carbonyl (C=O) groups is 1. The van der Waals surface area contributed by atoms with E-state index < -0.39 is 0 Å². The fourth-order valence-electron chi connectivity index (χ4n) is 2.84. The molecule has 1 aromatic rings. The molecule has 116 valence electrons. The van der Waals surface area contributed by atoms with Gasteiger partial charge >= 0.3 is 0 Å². The Hall–Kier alpha value is -1.55. The highest BCUT2D eigenvalue weighted by Gasteiger charge is 2.31. The van der Waals surface area contributed by atoms with Crippen LogP contribution in [0.15, 0.2) is 24.3 Å². The summed E-state index contributed by atoms with van der Waals surface area (Å²) >= 11 is 0. The highest BCUT2D eigenvalue weighted by molar-refractivity contribution is 5.81. The molecule has 4 nitrogen and oxygen atoms in total. The van der Waals surface area contributed by atoms with E-state index in [4.69, 9.17) is 4.74 Å². The third kappa shape index (κ3) is 3.97. The number of nitrogens with zero attached hydrogens (tertiary/aromatic N) is 1. The number of rotatable bonds is 6. The minimum atomic E-state index is -0.376. The van der Waals surface area contributed by atoms with Gasteiger partial charge in [-0.1, -0.05) is 25.1 Å². The summed E-state index contributed by atoms with van der Waals surface area (Å²) in [5.41, 5.74) is 1.07. The number of carbonyl (C=O) groups excluding carboxylic acids is 1. The van der Waals surface area contributed by atoms with Gasteiger partial charge in [0.1, 0.15) is 5.75 Å². The lowest BCUT2D eigenvalue weighted by Crippen LogP contribution is -2.41. The Morgan fingerprint density at radius 2 is 2.24 bits per heavy atom. The van der Waals surface area contributed by atoms with Crippen molar-refractivity contribution in [1.29, 1.82) is 0 Å². The van der Waals surface area contributed by atoms with E-state index >= 15 is 0 Å². The molecule has 1 aliphatic rings. The van der Waals surface area contributed by atoms with Gasteiger partial charge in [0.05, 0.1) is 0 Å². The van der Waals surface area contributed by atoms with Gasteiger partial charge in [-0.25, -0.2) is 0 Å². The summed E-state index contributed by atoms with van der Waals surface area (Å²) in [5, 5.41) is 3.19. The highest BCUT2D eigenvalue weighted by atomic mass is 16.5. The number of benzene rings is 1. The lowest BCUT2D eigenvalue weighted by molar-refractivity contribution is -0.137. The number of likely N-dealkylation sites (tertiary alicyclic amines) is 1. The molecular weight excluding hydrogens is 264 g/mol. The van der Waals surface area contributed by atoms with Gasteiger partial charge in [0.2, 0.25) is 0 Å². The second kappa shape index (κ2) is 7.46. The summed E-state index contributed by atoms with van der Waals surface area (Å²) in [5.74, 6) is 1.50. The molecule has 1 fully saturated rings. The van der Waals surface area contributed by atoms with Gasteiger partial charge in [0, 0.05) is 13.1 Å². The van der Waals surface area contributed by atoms with Crippen molar-refractivity contribution in [2.24, 2.45) is 5.92 Å². The SMILES string of the molecule is CC[C@H](Oc1ccccc1C)C(=O)N1CC[C@H](CNC)C1. The van der Waals surface area contributed by atoms with Crippen molar-refractivity contribution in [3.05, 3.63) is 29.8 Å². The quantitative estimate of drug-likeness (QED) is 0.873. The molecule has 0 aromatic heterocycles. The molecule has 0 radical (unpaired) electrons. The van der Waals surface area contributed by atoms with Gasteiger partial charge in [-0.05, 0) is 50.9 Å². The van der Waals surface area contributed by atoms with Crippen LogP contribution in [-0.2, 0) is 4.79 Å². The van der Waals surface area contributed by atoms with E-state index in [9.17, 15) is 4.79 Å². The van der Waals surface area contributed by atoms with E-state index in [1.807, 2.05) is 50.1 Å². The van der Waals surface area contributed by atoms with Crippen molar-refractivity contribution in [2.45, 2.75) is 32.8 Å². The number of amides is 1. The molecule has 4 heteroatoms. The van der Waals surface area contributed by atoms with Crippen molar-refractivity contribution >= 4 is 5.91 Å². The monoisotopic (exact) mass is 290 g/mol. The first kappa shape index (κ1) is 15.8. The fourth-order valence-corrected chi connectivity index (χ4v) is 2.84. The molecule has 1 heterocycles. The molecule has 0 unspecified atom stereocenters. The topological polar surface area (TPSA) is 41.6 Å². The highest BCUT2D eigenvalue weighted by Crippen LogP contribution is 2.22. The first-order chi connectivity index (χ1) is 10.2. The van der Waals surface area contributed by atoms with E-state index in [1.165, 1.54) is 0 Å². The normalized spacial score (nSPS) is 19.6. The third-order valence-corrected chi connectivity index (χ3v) is 4.10. The summed E-state index contributed by atoms with van der Waals surface area (Å²) in [6.07, 6.45) is 1.40. The molecule has 1 amide bonds. The molecule has 0 saturated carbocycles. The Morgan fingerprint density at radius 3 is 2.90 bits per heavy atom. The van der Waals surface area contributed by atoms with E-state index in [0.717, 1.165) is 37.4 Å². The van der Waals surface area contributed by atoms with Crippen LogP contribution in [-0.4, -0.2) is 43.6 Å². The predicted octanol–water partition coefficient (Wildman–Crippen LogP) is 2.22. The Labute approximate surface area is 127 Å². The van der Waals surface area contributed by atoms with Crippen molar-refractivity contribution in [3.8, 4) is 5.75 Å². The van der Waals surface area contributed by atoms with Crippen LogP contribution in [0.4, 0.5) is 0 Å². The molecule has 1 aromatic carbocycles. The molecule has 21 heavy (non-hydrogen) atoms. The molecule has 0 spiro atoms. The molecule has 1 aliphatic heterocycles. The lowest BCUT2D eigenvalue weighted by Gasteiger charge is -2.24. The van der Waals surface area contributed by atoms with Crippen molar-refractivity contribution < 1.29 is 9.53 Å². The molecule has 1 saturated heterocycles. The van der Waals surface area contributed by atoms with Crippen LogP contribution in [0.1, 0.15) is 25.3 Å². The smallest absolute Gasteiger partial charge is 0.263 e. The fraction of sp³-hybridized carbons (Fsp3) is 0.588. The number of para-hydroxylation sites is 1. The van der Waals surface area contributed by atoms with Crippen molar-refractivity contribution in [1.82, 2.24) is 10.2 Å². The van der Waals surface area contributed by atoms with Gasteiger partial charge < -0.3 is 15.0 Å². The number of hydrogen-bond acceptors (Lipinski definition) is 3. The summed E-state index contributed by atoms with van der Waals surface area (Å²) in [7, 11) is 1.96. The van der Waals surface area contributed by atoms with Crippen molar-refractivity contribution in [2.75, 3.05) is 26.7 Å². The third-order valence-electron chi connectivity index (χ3n) is 4.10. The summed E-state index contributed by atoms with van der Waals surface area (Å²) in [4.78, 5) is 14.6. The molecule has 0 bridgehead atoms. The van der Waals surface area contributed by atoms with Gasteiger partial charge in [-0.2, -0.15) is 0 Å². The van der Waals surface area contributed by atoms with Gasteiger partial charge in [0.25, 0.3) is 5.91 Å². The number of hydrogen-bond donors (Lipinski definition) is 1. The molecular formula is C17H26N2O2. The number of aryl methyl sites for hydroxylation is 1. The van der Waals surface area contributed by atoms with Crippen LogP contribution in [0.25, 0.3) is 0 Å². The van der Waals surface area contributed by atoms with E-state index in [-0.39, 0.29) is 12.0 Å². The first-order valence-electron chi connectivity index (χ1n) is 7.81. The van der Waals surface area contributed by atoms with E-state index in [0.29, 0.717) is 12.3 Å². The minimum absolute atomic E-state index is 0.124. The molecule has 2 atom stereocenters. The predicted molar refractivity (Wildman–Crippen MR) is 84.5 cm³/mol. The molecule has 0 aliphatic carbocycles. The zero-order valence-corrected chi connectivity index (χ0v) is 13.3. The average Bonchev–Trinajstić information content (AvgIpc) is 2.95. The van der Waals surface area contributed by atoms with Crippen LogP contribution in [0.5, 0.6) is 5.75 Å². The zero-order chi connectivity index (χ0) is 15.2. The van der Waals surface area contributed by atoms with Crippen LogP contribution >= 0.6 is 0 Å². The van der Waals surface area contributed by atoms with Gasteiger partial charge in [-0.3, -0.25) is 4.79 Å². The average molecular weight is 290 g/mol. The standard InChI is InChI=1S/C17H26N2O2/c1-4-15(21-16-8-6-5-7-13(16)2)17(20)19-10-9-14(12-19)11-18-3/h5-8,14-15,18H,4,9-12H2,1-3H3/t14-,15+/m1/s1. The Bertz CT molecular complexity index is 476. The second-order valence-electron chi connectivity index (χ2n) is 5.78. The van der Waals surface area contributed by atoms with Gasteiger partial charge in [-0.15, -0.1) is 0 Å². The molecule has 2 rings (SSSR count). The Kier molecular flexibility index (Phi) is 5.62. The lowest BCUT2D eigenvalue weighted by atomic mass is 10.1. The largest absolute Gasteiger partial charge is 0.480 e. The van der Waals surface area contributed by atoms with E-state index in [2.05, 4.69) is 5.32 Å². The maximum Gasteiger partial charge on any atom is 0.263 e. The minimum Gasteiger partial charge on any atom is -0.480 e. The first-order valence-corrected chi connectivity index (χ1v) is 7.81.